The summed E-state index contributed by atoms with van der Waals surface area (Å²) in [5, 5.41) is 9.67. The molecule has 2 heterocycles. The van der Waals surface area contributed by atoms with Crippen LogP contribution >= 0.6 is 0 Å². The lowest BCUT2D eigenvalue weighted by molar-refractivity contribution is 0.0992. The molecule has 170 valence electrons. The van der Waals surface area contributed by atoms with E-state index < -0.39 is 0 Å². The first-order valence-corrected chi connectivity index (χ1v) is 11.2. The third-order valence-electron chi connectivity index (χ3n) is 5.84. The first kappa shape index (κ1) is 21.5. The van der Waals surface area contributed by atoms with Crippen LogP contribution in [-0.2, 0) is 13.2 Å². The van der Waals surface area contributed by atoms with E-state index in [4.69, 9.17) is 9.15 Å². The average Bonchev–Trinajstić information content (AvgIpc) is 3.50. The van der Waals surface area contributed by atoms with Crippen LogP contribution in [0.25, 0.3) is 10.8 Å². The van der Waals surface area contributed by atoms with Gasteiger partial charge in [0.15, 0.2) is 11.6 Å². The zero-order valence-corrected chi connectivity index (χ0v) is 19.1. The summed E-state index contributed by atoms with van der Waals surface area (Å²) in [7, 11) is 0. The summed E-state index contributed by atoms with van der Waals surface area (Å²) < 4.78 is 13.3. The van der Waals surface area contributed by atoms with E-state index in [0.717, 1.165) is 11.3 Å². The van der Waals surface area contributed by atoms with E-state index in [0.29, 0.717) is 18.1 Å². The van der Waals surface area contributed by atoms with Crippen LogP contribution in [0.1, 0.15) is 33.0 Å². The Kier molecular flexibility index (Phi) is 5.87. The van der Waals surface area contributed by atoms with Gasteiger partial charge in [0.1, 0.15) is 18.1 Å². The van der Waals surface area contributed by atoms with E-state index in [1.807, 2.05) is 54.2 Å². The molecule has 34 heavy (non-hydrogen) atoms. The first-order valence-electron chi connectivity index (χ1n) is 11.2. The van der Waals surface area contributed by atoms with E-state index in [2.05, 4.69) is 41.6 Å². The number of nitrogens with one attached hydrogen (secondary N) is 1. The van der Waals surface area contributed by atoms with E-state index in [9.17, 15) is 4.79 Å². The number of amides is 1. The van der Waals surface area contributed by atoms with Gasteiger partial charge >= 0.3 is 0 Å². The molecule has 0 aliphatic rings. The van der Waals surface area contributed by atoms with Gasteiger partial charge in [-0.1, -0.05) is 48.5 Å². The molecule has 5 aromatic rings. The lowest BCUT2D eigenvalue weighted by atomic mass is 10.0. The predicted octanol–water partition coefficient (Wildman–Crippen LogP) is 6.13. The number of aromatic nitrogens is 2. The number of carbonyl (C=O) groups is 1. The average molecular weight is 452 g/mol. The maximum atomic E-state index is 12.6. The maximum Gasteiger partial charge on any atom is 0.292 e. The van der Waals surface area contributed by atoms with Crippen LogP contribution in [0.5, 0.6) is 5.75 Å². The van der Waals surface area contributed by atoms with Crippen molar-refractivity contribution in [3.63, 3.8) is 0 Å². The number of ether oxygens (including phenoxy) is 1. The molecule has 6 nitrogen and oxygen atoms in total. The summed E-state index contributed by atoms with van der Waals surface area (Å²) in [4.78, 5) is 12.6. The lowest BCUT2D eigenvalue weighted by Crippen LogP contribution is -2.12. The Bertz CT molecular complexity index is 1460. The largest absolute Gasteiger partial charge is 0.486 e. The molecule has 0 spiro atoms. The van der Waals surface area contributed by atoms with Crippen LogP contribution < -0.4 is 10.1 Å². The number of anilines is 1. The number of carbonyl (C=O) groups excluding carboxylic acids is 1. The number of nitrogens with zero attached hydrogens (tertiary/aromatic N) is 2. The van der Waals surface area contributed by atoms with Crippen molar-refractivity contribution >= 4 is 22.5 Å². The van der Waals surface area contributed by atoms with Crippen LogP contribution in [0.4, 0.5) is 5.82 Å². The molecule has 0 radical (unpaired) electrons. The van der Waals surface area contributed by atoms with Crippen LogP contribution in [0, 0.1) is 13.8 Å². The quantitative estimate of drug-likeness (QED) is 0.323. The van der Waals surface area contributed by atoms with Gasteiger partial charge < -0.3 is 14.5 Å². The van der Waals surface area contributed by atoms with E-state index >= 15 is 0 Å². The number of benzene rings is 3. The highest BCUT2D eigenvalue weighted by molar-refractivity contribution is 6.01. The minimum absolute atomic E-state index is 0.210. The monoisotopic (exact) mass is 451 g/mol. The standard InChI is InChI=1S/C28H25N3O3/c1-19-10-11-23(16-20(19)2)33-18-24-12-13-26(34-24)28(32)29-27-14-15-31(30-27)17-22-8-5-7-21-6-3-4-9-25(21)22/h3-16H,17-18H2,1-2H3,(H,29,30,32). The van der Waals surface area contributed by atoms with Gasteiger partial charge in [-0.25, -0.2) is 0 Å². The maximum absolute atomic E-state index is 12.6. The van der Waals surface area contributed by atoms with Crippen molar-refractivity contribution in [3.05, 3.63) is 113 Å². The van der Waals surface area contributed by atoms with Gasteiger partial charge in [-0.2, -0.15) is 5.10 Å². The molecular weight excluding hydrogens is 426 g/mol. The summed E-state index contributed by atoms with van der Waals surface area (Å²) in [5.74, 6) is 1.66. The molecule has 1 amide bonds. The van der Waals surface area contributed by atoms with E-state index in [1.54, 1.807) is 18.2 Å². The summed E-state index contributed by atoms with van der Waals surface area (Å²) in [6.45, 7) is 4.96. The molecule has 2 aromatic heterocycles. The van der Waals surface area contributed by atoms with Crippen LogP contribution in [0.3, 0.4) is 0 Å². The molecule has 0 unspecified atom stereocenters. The second-order valence-electron chi connectivity index (χ2n) is 8.29. The Balaban J connectivity index is 1.21. The number of aryl methyl sites for hydroxylation is 2. The van der Waals surface area contributed by atoms with Gasteiger partial charge in [-0.3, -0.25) is 9.48 Å². The second-order valence-corrected chi connectivity index (χ2v) is 8.29. The molecule has 0 saturated heterocycles. The van der Waals surface area contributed by atoms with Crippen LogP contribution in [-0.4, -0.2) is 15.7 Å². The van der Waals surface area contributed by atoms with Crippen molar-refractivity contribution in [3.8, 4) is 5.75 Å². The molecule has 1 N–H and O–H groups in total. The molecule has 0 saturated carbocycles. The molecular formula is C28H25N3O3. The zero-order chi connectivity index (χ0) is 23.5. The van der Waals surface area contributed by atoms with E-state index in [-0.39, 0.29) is 18.3 Å². The number of rotatable bonds is 7. The molecule has 5 rings (SSSR count). The van der Waals surface area contributed by atoms with Crippen molar-refractivity contribution in [2.24, 2.45) is 0 Å². The van der Waals surface area contributed by atoms with Gasteiger partial charge in [0.2, 0.25) is 0 Å². The topological polar surface area (TPSA) is 69.3 Å². The molecule has 0 aliphatic heterocycles. The SMILES string of the molecule is Cc1ccc(OCc2ccc(C(=O)Nc3ccn(Cc4cccc5ccccc45)n3)o2)cc1C. The summed E-state index contributed by atoms with van der Waals surface area (Å²) in [6.07, 6.45) is 1.85. The van der Waals surface area contributed by atoms with Gasteiger partial charge in [0.05, 0.1) is 6.54 Å². The number of hydrogen-bond acceptors (Lipinski definition) is 4. The molecule has 3 aromatic carbocycles. The van der Waals surface area contributed by atoms with Gasteiger partial charge in [0, 0.05) is 12.3 Å². The Labute approximate surface area is 197 Å². The molecule has 6 heteroatoms. The first-order chi connectivity index (χ1) is 16.5. The van der Waals surface area contributed by atoms with Crippen molar-refractivity contribution in [2.75, 3.05) is 5.32 Å². The van der Waals surface area contributed by atoms with Crippen LogP contribution in [0.2, 0.25) is 0 Å². The minimum atomic E-state index is -0.354. The number of hydrogen-bond donors (Lipinski definition) is 1. The van der Waals surface area contributed by atoms with Crippen molar-refractivity contribution in [1.82, 2.24) is 9.78 Å². The molecule has 0 bridgehead atoms. The normalized spacial score (nSPS) is 11.0. The molecule has 0 fully saturated rings. The van der Waals surface area contributed by atoms with Crippen LogP contribution in [0.15, 0.2) is 89.5 Å². The highest BCUT2D eigenvalue weighted by atomic mass is 16.5. The zero-order valence-electron chi connectivity index (χ0n) is 19.1. The van der Waals surface area contributed by atoms with E-state index in [1.165, 1.54) is 21.9 Å². The minimum Gasteiger partial charge on any atom is -0.486 e. The van der Waals surface area contributed by atoms with Crippen molar-refractivity contribution in [2.45, 2.75) is 27.0 Å². The summed E-state index contributed by atoms with van der Waals surface area (Å²) in [5.41, 5.74) is 3.54. The fourth-order valence-corrected chi connectivity index (χ4v) is 3.83. The summed E-state index contributed by atoms with van der Waals surface area (Å²) >= 11 is 0. The Morgan fingerprint density at radius 2 is 1.82 bits per heavy atom. The number of fused-ring (bicyclic) bond motifs is 1. The molecule has 0 atom stereocenters. The smallest absolute Gasteiger partial charge is 0.292 e. The third kappa shape index (κ3) is 4.71. The fraction of sp³-hybridized carbons (Fsp3) is 0.143. The predicted molar refractivity (Wildman–Crippen MR) is 132 cm³/mol. The Hall–Kier alpha value is -4.32. The highest BCUT2D eigenvalue weighted by Crippen LogP contribution is 2.21. The lowest BCUT2D eigenvalue weighted by Gasteiger charge is -2.07. The van der Waals surface area contributed by atoms with Crippen molar-refractivity contribution in [1.29, 1.82) is 0 Å². The Morgan fingerprint density at radius 3 is 2.71 bits per heavy atom. The second kappa shape index (κ2) is 9.27. The van der Waals surface area contributed by atoms with Gasteiger partial charge in [-0.05, 0) is 65.6 Å². The fourth-order valence-electron chi connectivity index (χ4n) is 3.83. The summed E-state index contributed by atoms with van der Waals surface area (Å²) in [6, 6.07) is 25.6. The number of furan rings is 1. The highest BCUT2D eigenvalue weighted by Gasteiger charge is 2.14. The third-order valence-corrected chi connectivity index (χ3v) is 5.84. The van der Waals surface area contributed by atoms with Gasteiger partial charge in [-0.15, -0.1) is 0 Å². The van der Waals surface area contributed by atoms with Gasteiger partial charge in [0.25, 0.3) is 5.91 Å². The van der Waals surface area contributed by atoms with Crippen molar-refractivity contribution < 1.29 is 13.9 Å². The Morgan fingerprint density at radius 1 is 0.971 bits per heavy atom. The molecule has 0 aliphatic carbocycles.